The molecule has 0 aliphatic rings. The van der Waals surface area contributed by atoms with Gasteiger partial charge in [-0.1, -0.05) is 11.6 Å². The van der Waals surface area contributed by atoms with E-state index in [1.165, 1.54) is 0 Å². The van der Waals surface area contributed by atoms with E-state index in [2.05, 4.69) is 10.3 Å². The van der Waals surface area contributed by atoms with Crippen molar-refractivity contribution in [2.75, 3.05) is 13.2 Å². The van der Waals surface area contributed by atoms with E-state index in [0.29, 0.717) is 24.6 Å². The Balaban J connectivity index is 1.91. The van der Waals surface area contributed by atoms with Gasteiger partial charge in [-0.2, -0.15) is 0 Å². The smallest absolute Gasteiger partial charge is 0.224 e. The number of rotatable bonds is 6. The van der Waals surface area contributed by atoms with Crippen molar-refractivity contribution in [1.29, 1.82) is 0 Å². The molecule has 1 aromatic carbocycles. The second-order valence-corrected chi connectivity index (χ2v) is 5.39. The fourth-order valence-corrected chi connectivity index (χ4v) is 2.19. The average molecular weight is 295 g/mol. The molecule has 0 unspecified atom stereocenters. The summed E-state index contributed by atoms with van der Waals surface area (Å²) >= 11 is 5.99. The zero-order valence-corrected chi connectivity index (χ0v) is 12.5. The van der Waals surface area contributed by atoms with Crippen molar-refractivity contribution in [3.05, 3.63) is 35.0 Å². The molecule has 108 valence electrons. The minimum atomic E-state index is -0.0155. The van der Waals surface area contributed by atoms with Crippen molar-refractivity contribution in [3.63, 3.8) is 0 Å². The molecule has 20 heavy (non-hydrogen) atoms. The second kappa shape index (κ2) is 6.77. The third-order valence-electron chi connectivity index (χ3n) is 2.96. The van der Waals surface area contributed by atoms with Gasteiger partial charge in [-0.25, -0.2) is 0 Å². The zero-order chi connectivity index (χ0) is 14.5. The van der Waals surface area contributed by atoms with E-state index < -0.39 is 0 Å². The summed E-state index contributed by atoms with van der Waals surface area (Å²) in [6.07, 6.45) is 2.37. The number of benzene rings is 1. The van der Waals surface area contributed by atoms with Crippen molar-refractivity contribution in [3.8, 4) is 0 Å². The Labute approximate surface area is 123 Å². The van der Waals surface area contributed by atoms with Crippen molar-refractivity contribution in [1.82, 2.24) is 10.3 Å². The summed E-state index contributed by atoms with van der Waals surface area (Å²) in [5.74, 6) is -0.0155. The third kappa shape index (κ3) is 3.99. The molecule has 0 bridgehead atoms. The van der Waals surface area contributed by atoms with Crippen molar-refractivity contribution in [2.45, 2.75) is 26.4 Å². The van der Waals surface area contributed by atoms with E-state index >= 15 is 0 Å². The number of aromatic amines is 1. The van der Waals surface area contributed by atoms with Gasteiger partial charge in [-0.3, -0.25) is 4.79 Å². The molecule has 0 spiro atoms. The van der Waals surface area contributed by atoms with Gasteiger partial charge >= 0.3 is 0 Å². The molecule has 0 atom stereocenters. The van der Waals surface area contributed by atoms with Gasteiger partial charge in [0.15, 0.2) is 0 Å². The van der Waals surface area contributed by atoms with Crippen LogP contribution in [0.5, 0.6) is 0 Å². The Morgan fingerprint density at radius 2 is 2.25 bits per heavy atom. The summed E-state index contributed by atoms with van der Waals surface area (Å²) in [6.45, 7) is 5.00. The standard InChI is InChI=1S/C15H19ClN2O2/c1-10(2)20-6-5-17-15(19)7-11-9-18-14-4-3-12(16)8-13(11)14/h3-4,8-10,18H,5-7H2,1-2H3,(H,17,19). The highest BCUT2D eigenvalue weighted by Crippen LogP contribution is 2.22. The number of H-pyrrole nitrogens is 1. The molecule has 0 saturated heterocycles. The van der Waals surface area contributed by atoms with E-state index in [-0.39, 0.29) is 12.0 Å². The SMILES string of the molecule is CC(C)OCCNC(=O)Cc1c[nH]c2ccc(Cl)cc12. The van der Waals surface area contributed by atoms with Crippen LogP contribution in [0.25, 0.3) is 10.9 Å². The highest BCUT2D eigenvalue weighted by molar-refractivity contribution is 6.31. The first kappa shape index (κ1) is 14.9. The highest BCUT2D eigenvalue weighted by atomic mass is 35.5. The summed E-state index contributed by atoms with van der Waals surface area (Å²) < 4.78 is 5.38. The predicted octanol–water partition coefficient (Wildman–Crippen LogP) is 2.91. The number of nitrogens with one attached hydrogen (secondary N) is 2. The van der Waals surface area contributed by atoms with Crippen LogP contribution in [0.3, 0.4) is 0 Å². The molecule has 1 aromatic heterocycles. The lowest BCUT2D eigenvalue weighted by Gasteiger charge is -2.08. The molecular formula is C15H19ClN2O2. The lowest BCUT2D eigenvalue weighted by Crippen LogP contribution is -2.29. The fourth-order valence-electron chi connectivity index (χ4n) is 2.02. The van der Waals surface area contributed by atoms with Gasteiger partial charge in [0.25, 0.3) is 0 Å². The molecule has 2 rings (SSSR count). The molecule has 0 radical (unpaired) electrons. The molecule has 0 aliphatic heterocycles. The Bertz CT molecular complexity index is 593. The quantitative estimate of drug-likeness (QED) is 0.805. The van der Waals surface area contributed by atoms with Crippen LogP contribution in [0.2, 0.25) is 5.02 Å². The van der Waals surface area contributed by atoms with Crippen LogP contribution in [0.4, 0.5) is 0 Å². The maximum atomic E-state index is 11.9. The highest BCUT2D eigenvalue weighted by Gasteiger charge is 2.09. The average Bonchev–Trinajstić information content (AvgIpc) is 2.77. The van der Waals surface area contributed by atoms with Crippen molar-refractivity contribution < 1.29 is 9.53 Å². The number of halogens is 1. The number of carbonyl (C=O) groups is 1. The number of ether oxygens (including phenoxy) is 1. The van der Waals surface area contributed by atoms with Crippen molar-refractivity contribution in [2.24, 2.45) is 0 Å². The molecule has 4 nitrogen and oxygen atoms in total. The van der Waals surface area contributed by atoms with Gasteiger partial charge in [-0.05, 0) is 37.6 Å². The fraction of sp³-hybridized carbons (Fsp3) is 0.400. The molecule has 1 amide bonds. The van der Waals surface area contributed by atoms with Gasteiger partial charge in [0, 0.05) is 28.7 Å². The van der Waals surface area contributed by atoms with Gasteiger partial charge in [0.1, 0.15) is 0 Å². The molecule has 2 N–H and O–H groups in total. The van der Waals surface area contributed by atoms with E-state index in [4.69, 9.17) is 16.3 Å². The first-order valence-electron chi connectivity index (χ1n) is 6.70. The lowest BCUT2D eigenvalue weighted by molar-refractivity contribution is -0.120. The van der Waals surface area contributed by atoms with Crippen LogP contribution >= 0.6 is 11.6 Å². The molecular weight excluding hydrogens is 276 g/mol. The molecule has 5 heteroatoms. The van der Waals surface area contributed by atoms with E-state index in [0.717, 1.165) is 16.5 Å². The van der Waals surface area contributed by atoms with Crippen molar-refractivity contribution >= 4 is 28.4 Å². The Morgan fingerprint density at radius 1 is 1.45 bits per heavy atom. The van der Waals surface area contributed by atoms with Crippen LogP contribution in [-0.4, -0.2) is 30.1 Å². The molecule has 2 aromatic rings. The Kier molecular flexibility index (Phi) is 5.04. The first-order valence-corrected chi connectivity index (χ1v) is 7.08. The largest absolute Gasteiger partial charge is 0.377 e. The molecule has 0 aliphatic carbocycles. The van der Waals surface area contributed by atoms with Crippen LogP contribution < -0.4 is 5.32 Å². The predicted molar refractivity (Wildman–Crippen MR) is 81.1 cm³/mol. The lowest BCUT2D eigenvalue weighted by atomic mass is 10.1. The maximum Gasteiger partial charge on any atom is 0.224 e. The number of hydrogen-bond donors (Lipinski definition) is 2. The zero-order valence-electron chi connectivity index (χ0n) is 11.7. The normalized spacial score (nSPS) is 11.2. The third-order valence-corrected chi connectivity index (χ3v) is 3.19. The molecule has 0 saturated carbocycles. The van der Waals surface area contributed by atoms with Gasteiger partial charge in [-0.15, -0.1) is 0 Å². The summed E-state index contributed by atoms with van der Waals surface area (Å²) in [5, 5.41) is 4.51. The summed E-state index contributed by atoms with van der Waals surface area (Å²) in [6, 6.07) is 5.61. The van der Waals surface area contributed by atoms with Crippen LogP contribution in [-0.2, 0) is 16.0 Å². The first-order chi connectivity index (χ1) is 9.56. The van der Waals surface area contributed by atoms with Crippen LogP contribution in [0.15, 0.2) is 24.4 Å². The Morgan fingerprint density at radius 3 is 3.00 bits per heavy atom. The minimum Gasteiger partial charge on any atom is -0.377 e. The minimum absolute atomic E-state index is 0.0155. The van der Waals surface area contributed by atoms with E-state index in [1.54, 1.807) is 0 Å². The second-order valence-electron chi connectivity index (χ2n) is 4.95. The number of carbonyl (C=O) groups excluding carboxylic acids is 1. The summed E-state index contributed by atoms with van der Waals surface area (Å²) in [5.41, 5.74) is 1.94. The number of fused-ring (bicyclic) bond motifs is 1. The van der Waals surface area contributed by atoms with Gasteiger partial charge < -0.3 is 15.0 Å². The number of hydrogen-bond acceptors (Lipinski definition) is 2. The number of aromatic nitrogens is 1. The Hall–Kier alpha value is -1.52. The molecule has 0 fully saturated rings. The van der Waals surface area contributed by atoms with Gasteiger partial charge in [0.2, 0.25) is 5.91 Å². The van der Waals surface area contributed by atoms with E-state index in [9.17, 15) is 4.79 Å². The van der Waals surface area contributed by atoms with Gasteiger partial charge in [0.05, 0.1) is 19.1 Å². The maximum absolute atomic E-state index is 11.9. The summed E-state index contributed by atoms with van der Waals surface area (Å²) in [4.78, 5) is 15.0. The monoisotopic (exact) mass is 294 g/mol. The topological polar surface area (TPSA) is 54.1 Å². The molecule has 1 heterocycles. The van der Waals surface area contributed by atoms with Crippen LogP contribution in [0, 0.1) is 0 Å². The van der Waals surface area contributed by atoms with Crippen LogP contribution in [0.1, 0.15) is 19.4 Å². The van der Waals surface area contributed by atoms with E-state index in [1.807, 2.05) is 38.2 Å². The number of amides is 1. The summed E-state index contributed by atoms with van der Waals surface area (Å²) in [7, 11) is 0.